The average molecular weight is 347 g/mol. The fourth-order valence-corrected chi connectivity index (χ4v) is 3.21. The molecule has 0 saturated heterocycles. The lowest BCUT2D eigenvalue weighted by Gasteiger charge is -2.30. The molecule has 4 N–H and O–H groups in total. The van der Waals surface area contributed by atoms with Crippen molar-refractivity contribution in [2.24, 2.45) is 5.73 Å². The fourth-order valence-electron chi connectivity index (χ4n) is 2.90. The van der Waals surface area contributed by atoms with E-state index in [1.807, 2.05) is 12.1 Å². The number of halogens is 3. The fraction of sp³-hybridized carbons (Fsp3) is 0.250. The van der Waals surface area contributed by atoms with Gasteiger partial charge in [-0.05, 0) is 41.7 Å². The van der Waals surface area contributed by atoms with Crippen LogP contribution in [0.5, 0.6) is 0 Å². The molecule has 5 heteroatoms. The van der Waals surface area contributed by atoms with Gasteiger partial charge in [-0.3, -0.25) is 0 Å². The first kappa shape index (κ1) is 18.3. The Balaban J connectivity index is 0.00000110. The highest BCUT2D eigenvalue weighted by molar-refractivity contribution is 6.42. The predicted molar refractivity (Wildman–Crippen MR) is 91.8 cm³/mol. The van der Waals surface area contributed by atoms with Crippen molar-refractivity contribution in [3.05, 3.63) is 69.2 Å². The number of benzene rings is 2. The Morgan fingerprint density at radius 3 is 2.24 bits per heavy atom. The lowest BCUT2D eigenvalue weighted by atomic mass is 9.77. The number of hydrogen-bond donors (Lipinski definition) is 1. The van der Waals surface area contributed by atoms with E-state index in [0.29, 0.717) is 16.0 Å². The van der Waals surface area contributed by atoms with E-state index in [0.717, 1.165) is 12.8 Å². The van der Waals surface area contributed by atoms with Gasteiger partial charge in [0, 0.05) is 12.0 Å². The Labute approximate surface area is 141 Å². The molecule has 2 atom stereocenters. The van der Waals surface area contributed by atoms with Gasteiger partial charge in [-0.25, -0.2) is 0 Å². The molecule has 2 aromatic rings. The van der Waals surface area contributed by atoms with Crippen LogP contribution in [0.2, 0.25) is 10.0 Å². The van der Waals surface area contributed by atoms with Crippen molar-refractivity contribution in [3.63, 3.8) is 0 Å². The van der Waals surface area contributed by atoms with E-state index in [9.17, 15) is 0 Å². The van der Waals surface area contributed by atoms with Crippen molar-refractivity contribution < 1.29 is 5.48 Å². The standard InChI is InChI=1S/C16H15Cl2N.ClH.H2O/c17-14-7-5-10(9-15(14)18)11-6-8-16(19)13-4-2-1-3-12(11)13;;/h1-5,7,9,11,16H,6,8,19H2;1H;1H2/t11-,16+;;/m1../s1. The van der Waals surface area contributed by atoms with Crippen molar-refractivity contribution in [1.82, 2.24) is 0 Å². The number of hydrogen-bond acceptors (Lipinski definition) is 1. The second-order valence-corrected chi connectivity index (χ2v) is 5.85. The highest BCUT2D eigenvalue weighted by Gasteiger charge is 2.26. The highest BCUT2D eigenvalue weighted by atomic mass is 35.5. The summed E-state index contributed by atoms with van der Waals surface area (Å²) in [5, 5.41) is 1.22. The van der Waals surface area contributed by atoms with Crippen LogP contribution >= 0.6 is 35.6 Å². The first-order valence-corrected chi connectivity index (χ1v) is 7.22. The molecule has 0 radical (unpaired) electrons. The van der Waals surface area contributed by atoms with Crippen LogP contribution in [0.1, 0.15) is 41.5 Å². The van der Waals surface area contributed by atoms with E-state index in [2.05, 4.69) is 30.3 Å². The predicted octanol–water partition coefficient (Wildman–Crippen LogP) is 4.52. The molecule has 1 aliphatic carbocycles. The Bertz CT molecular complexity index is 618. The lowest BCUT2D eigenvalue weighted by Crippen LogP contribution is -2.20. The quantitative estimate of drug-likeness (QED) is 0.811. The van der Waals surface area contributed by atoms with E-state index in [-0.39, 0.29) is 23.9 Å². The smallest absolute Gasteiger partial charge is 0.0595 e. The lowest BCUT2D eigenvalue weighted by molar-refractivity contribution is 0.530. The van der Waals surface area contributed by atoms with Gasteiger partial charge in [0.25, 0.3) is 0 Å². The van der Waals surface area contributed by atoms with Crippen molar-refractivity contribution in [1.29, 1.82) is 0 Å². The third-order valence-corrected chi connectivity index (χ3v) is 4.62. The molecule has 0 bridgehead atoms. The maximum atomic E-state index is 6.19. The van der Waals surface area contributed by atoms with E-state index >= 15 is 0 Å². The first-order valence-electron chi connectivity index (χ1n) is 6.46. The minimum Gasteiger partial charge on any atom is -0.412 e. The second kappa shape index (κ2) is 7.48. The van der Waals surface area contributed by atoms with Gasteiger partial charge in [0.2, 0.25) is 0 Å². The summed E-state index contributed by atoms with van der Waals surface area (Å²) in [4.78, 5) is 0. The molecule has 2 aromatic carbocycles. The Morgan fingerprint density at radius 2 is 1.57 bits per heavy atom. The van der Waals surface area contributed by atoms with Crippen LogP contribution in [0.15, 0.2) is 42.5 Å². The summed E-state index contributed by atoms with van der Waals surface area (Å²) in [6.07, 6.45) is 2.05. The maximum Gasteiger partial charge on any atom is 0.0595 e. The molecule has 2 nitrogen and oxygen atoms in total. The molecule has 0 spiro atoms. The van der Waals surface area contributed by atoms with Crippen LogP contribution in [0, 0.1) is 0 Å². The van der Waals surface area contributed by atoms with Gasteiger partial charge >= 0.3 is 0 Å². The van der Waals surface area contributed by atoms with Gasteiger partial charge in [-0.15, -0.1) is 12.4 Å². The molecule has 0 fully saturated rings. The molecule has 0 heterocycles. The van der Waals surface area contributed by atoms with Gasteiger partial charge in [0.05, 0.1) is 10.0 Å². The highest BCUT2D eigenvalue weighted by Crippen LogP contribution is 2.41. The summed E-state index contributed by atoms with van der Waals surface area (Å²) in [5.41, 5.74) is 9.98. The molecule has 114 valence electrons. The molecular formula is C16H18Cl3NO. The summed E-state index contributed by atoms with van der Waals surface area (Å²) in [7, 11) is 0. The van der Waals surface area contributed by atoms with E-state index in [1.54, 1.807) is 0 Å². The maximum absolute atomic E-state index is 6.19. The Hall–Kier alpha value is -0.770. The molecule has 3 rings (SSSR count). The second-order valence-electron chi connectivity index (χ2n) is 5.04. The largest absolute Gasteiger partial charge is 0.412 e. The zero-order valence-corrected chi connectivity index (χ0v) is 13.7. The SMILES string of the molecule is Cl.N[C@H]1CC[C@H](c2ccc(Cl)c(Cl)c2)c2ccccc21.O. The van der Waals surface area contributed by atoms with E-state index in [1.165, 1.54) is 16.7 Å². The average Bonchev–Trinajstić information content (AvgIpc) is 2.43. The summed E-state index contributed by atoms with van der Waals surface area (Å²) in [6.45, 7) is 0. The monoisotopic (exact) mass is 345 g/mol. The number of nitrogens with two attached hydrogens (primary N) is 1. The van der Waals surface area contributed by atoms with Crippen LogP contribution in [-0.2, 0) is 0 Å². The molecule has 0 saturated carbocycles. The van der Waals surface area contributed by atoms with Gasteiger partial charge in [-0.2, -0.15) is 0 Å². The van der Waals surface area contributed by atoms with Crippen molar-refractivity contribution in [2.45, 2.75) is 24.8 Å². The van der Waals surface area contributed by atoms with Crippen LogP contribution < -0.4 is 5.73 Å². The zero-order chi connectivity index (χ0) is 13.4. The van der Waals surface area contributed by atoms with E-state index < -0.39 is 0 Å². The number of fused-ring (bicyclic) bond motifs is 1. The third kappa shape index (κ3) is 3.53. The molecule has 0 unspecified atom stereocenters. The van der Waals surface area contributed by atoms with Crippen LogP contribution in [0.4, 0.5) is 0 Å². The van der Waals surface area contributed by atoms with Gasteiger partial charge in [-0.1, -0.05) is 53.5 Å². The van der Waals surface area contributed by atoms with Gasteiger partial charge < -0.3 is 11.2 Å². The Kier molecular flexibility index (Phi) is 6.51. The molecule has 0 aromatic heterocycles. The third-order valence-electron chi connectivity index (χ3n) is 3.88. The zero-order valence-electron chi connectivity index (χ0n) is 11.4. The molecular weight excluding hydrogens is 329 g/mol. The normalized spacial score (nSPS) is 20.0. The minimum absolute atomic E-state index is 0. The van der Waals surface area contributed by atoms with Crippen LogP contribution in [0.25, 0.3) is 0 Å². The summed E-state index contributed by atoms with van der Waals surface area (Å²) in [5.74, 6) is 0.366. The number of rotatable bonds is 1. The minimum atomic E-state index is 0. The molecule has 0 aliphatic heterocycles. The topological polar surface area (TPSA) is 57.5 Å². The summed E-state index contributed by atoms with van der Waals surface area (Å²) < 4.78 is 0. The van der Waals surface area contributed by atoms with Crippen LogP contribution in [-0.4, -0.2) is 5.48 Å². The first-order chi connectivity index (χ1) is 9.16. The molecule has 0 amide bonds. The van der Waals surface area contributed by atoms with Gasteiger partial charge in [0.1, 0.15) is 0 Å². The van der Waals surface area contributed by atoms with Crippen molar-refractivity contribution in [2.75, 3.05) is 0 Å². The van der Waals surface area contributed by atoms with E-state index in [4.69, 9.17) is 28.9 Å². The molecule has 1 aliphatic rings. The van der Waals surface area contributed by atoms with Crippen molar-refractivity contribution >= 4 is 35.6 Å². The Morgan fingerprint density at radius 1 is 0.905 bits per heavy atom. The van der Waals surface area contributed by atoms with Crippen LogP contribution in [0.3, 0.4) is 0 Å². The summed E-state index contributed by atoms with van der Waals surface area (Å²) in [6, 6.07) is 14.5. The summed E-state index contributed by atoms with van der Waals surface area (Å²) >= 11 is 12.1. The van der Waals surface area contributed by atoms with Crippen molar-refractivity contribution in [3.8, 4) is 0 Å². The molecule has 21 heavy (non-hydrogen) atoms. The van der Waals surface area contributed by atoms with Gasteiger partial charge in [0.15, 0.2) is 0 Å².